The van der Waals surface area contributed by atoms with Crippen LogP contribution < -0.4 is 0 Å². The third-order valence-electron chi connectivity index (χ3n) is 10.0. The summed E-state index contributed by atoms with van der Waals surface area (Å²) in [7, 11) is 0. The minimum Gasteiger partial charge on any atom is -0.0851 e. The van der Waals surface area contributed by atoms with E-state index >= 15 is 0 Å². The minimum absolute atomic E-state index is 0.518. The highest BCUT2D eigenvalue weighted by molar-refractivity contribution is 5.20. The van der Waals surface area contributed by atoms with Crippen LogP contribution in [0.25, 0.3) is 0 Å². The summed E-state index contributed by atoms with van der Waals surface area (Å²) in [5.41, 5.74) is 2.87. The second-order valence-electron chi connectivity index (χ2n) is 11.9. The highest BCUT2D eigenvalue weighted by atomic mass is 14.6. The molecule has 7 atom stereocenters. The van der Waals surface area contributed by atoms with Crippen LogP contribution in [0.3, 0.4) is 0 Å². The van der Waals surface area contributed by atoms with Crippen LogP contribution in [-0.4, -0.2) is 0 Å². The Kier molecular flexibility index (Phi) is 7.44. The van der Waals surface area contributed by atoms with Gasteiger partial charge in [-0.05, 0) is 97.7 Å². The molecule has 0 bridgehead atoms. The first-order chi connectivity index (χ1) is 13.7. The van der Waals surface area contributed by atoms with Gasteiger partial charge >= 0.3 is 0 Å². The Morgan fingerprint density at radius 2 is 1.83 bits per heavy atom. The first-order valence-electron chi connectivity index (χ1n) is 13.1. The quantitative estimate of drug-likeness (QED) is 0.375. The summed E-state index contributed by atoms with van der Waals surface area (Å²) in [4.78, 5) is 0. The van der Waals surface area contributed by atoms with Crippen LogP contribution in [-0.2, 0) is 0 Å². The van der Waals surface area contributed by atoms with Gasteiger partial charge in [0.2, 0.25) is 0 Å². The molecule has 0 aromatic heterocycles. The van der Waals surface area contributed by atoms with Gasteiger partial charge in [-0.2, -0.15) is 0 Å². The molecule has 0 radical (unpaired) electrons. The summed E-state index contributed by atoms with van der Waals surface area (Å²) in [6.45, 7) is 17.4. The molecule has 0 amide bonds. The predicted octanol–water partition coefficient (Wildman–Crippen LogP) is 9.22. The molecule has 3 rings (SSSR count). The molecule has 3 aliphatic rings. The summed E-state index contributed by atoms with van der Waals surface area (Å²) >= 11 is 0. The summed E-state index contributed by atoms with van der Waals surface area (Å²) in [5, 5.41) is 0. The predicted molar refractivity (Wildman–Crippen MR) is 129 cm³/mol. The number of rotatable bonds is 7. The lowest BCUT2D eigenvalue weighted by atomic mass is 9.57. The van der Waals surface area contributed by atoms with Gasteiger partial charge in [-0.15, -0.1) is 0 Å². The number of hydrogen-bond donors (Lipinski definition) is 0. The molecule has 2 fully saturated rings. The molecule has 0 saturated heterocycles. The molecular weight excluding hydrogens is 348 g/mol. The lowest BCUT2D eigenvalue weighted by molar-refractivity contribution is 0.0575. The average molecular weight is 399 g/mol. The van der Waals surface area contributed by atoms with Crippen molar-refractivity contribution in [2.24, 2.45) is 46.3 Å². The zero-order valence-corrected chi connectivity index (χ0v) is 20.8. The van der Waals surface area contributed by atoms with Crippen LogP contribution in [0, 0.1) is 46.3 Å². The smallest absolute Gasteiger partial charge is 0.0114 e. The molecule has 0 heteroatoms. The lowest BCUT2D eigenvalue weighted by Crippen LogP contribution is -2.39. The van der Waals surface area contributed by atoms with E-state index in [9.17, 15) is 0 Å². The van der Waals surface area contributed by atoms with Crippen LogP contribution in [0.5, 0.6) is 0 Å². The largest absolute Gasteiger partial charge is 0.0851 e. The molecule has 7 unspecified atom stereocenters. The van der Waals surface area contributed by atoms with Crippen LogP contribution in [0.4, 0.5) is 0 Å². The Balaban J connectivity index is 1.74. The van der Waals surface area contributed by atoms with Crippen molar-refractivity contribution in [2.45, 2.75) is 113 Å². The molecule has 0 aromatic carbocycles. The normalized spacial score (nSPS) is 40.1. The Hall–Kier alpha value is -0.520. The van der Waals surface area contributed by atoms with E-state index in [-0.39, 0.29) is 0 Å². The maximum atomic E-state index is 2.70. The Bertz CT molecular complexity index is 595. The van der Waals surface area contributed by atoms with E-state index in [1.165, 1.54) is 64.2 Å². The maximum absolute atomic E-state index is 2.70. The van der Waals surface area contributed by atoms with Crippen LogP contribution in [0.15, 0.2) is 23.8 Å². The van der Waals surface area contributed by atoms with Gasteiger partial charge in [0, 0.05) is 0 Å². The number of hydrogen-bond acceptors (Lipinski definition) is 0. The summed E-state index contributed by atoms with van der Waals surface area (Å²) in [6.07, 6.45) is 22.0. The lowest BCUT2D eigenvalue weighted by Gasteiger charge is -2.48. The summed E-state index contributed by atoms with van der Waals surface area (Å²) < 4.78 is 0. The minimum atomic E-state index is 0.518. The molecule has 3 aliphatic carbocycles. The van der Waals surface area contributed by atoms with Crippen molar-refractivity contribution in [3.8, 4) is 0 Å². The van der Waals surface area contributed by atoms with Crippen molar-refractivity contribution in [1.82, 2.24) is 0 Å². The molecule has 0 aromatic rings. The van der Waals surface area contributed by atoms with Crippen LogP contribution in [0.2, 0.25) is 0 Å². The van der Waals surface area contributed by atoms with E-state index in [1.807, 2.05) is 5.57 Å². The third-order valence-corrected chi connectivity index (χ3v) is 10.0. The monoisotopic (exact) mass is 398 g/mol. The van der Waals surface area contributed by atoms with Crippen molar-refractivity contribution in [1.29, 1.82) is 0 Å². The number of fused-ring (bicyclic) bond motifs is 1. The molecule has 0 nitrogen and oxygen atoms in total. The van der Waals surface area contributed by atoms with Crippen molar-refractivity contribution < 1.29 is 0 Å². The van der Waals surface area contributed by atoms with E-state index in [1.54, 1.807) is 0 Å². The van der Waals surface area contributed by atoms with Gasteiger partial charge in [-0.3, -0.25) is 0 Å². The second-order valence-corrected chi connectivity index (χ2v) is 11.9. The fraction of sp³-hybridized carbons (Fsp3) is 0.862. The Morgan fingerprint density at radius 1 is 1.07 bits per heavy atom. The SMILES string of the molecule is CCC(/C=C/C(C)C1CCC(C2CC=C3CCCCC3(C)C2)C1(C)CC)C(C)C. The van der Waals surface area contributed by atoms with Gasteiger partial charge in [0.25, 0.3) is 0 Å². The second kappa shape index (κ2) is 9.32. The van der Waals surface area contributed by atoms with Gasteiger partial charge in [-0.25, -0.2) is 0 Å². The van der Waals surface area contributed by atoms with Gasteiger partial charge in [0.15, 0.2) is 0 Å². The summed E-state index contributed by atoms with van der Waals surface area (Å²) in [5.74, 6) is 4.94. The molecular formula is C29H50. The number of allylic oxidation sites excluding steroid dienone is 4. The Labute approximate surface area is 183 Å². The van der Waals surface area contributed by atoms with Crippen LogP contribution >= 0.6 is 0 Å². The van der Waals surface area contributed by atoms with E-state index in [0.29, 0.717) is 10.8 Å². The molecule has 166 valence electrons. The van der Waals surface area contributed by atoms with Gasteiger partial charge in [0.05, 0.1) is 0 Å². The van der Waals surface area contributed by atoms with E-state index in [4.69, 9.17) is 0 Å². The first-order valence-corrected chi connectivity index (χ1v) is 13.1. The molecule has 0 spiro atoms. The van der Waals surface area contributed by atoms with Crippen molar-refractivity contribution in [3.63, 3.8) is 0 Å². The topological polar surface area (TPSA) is 0 Å². The van der Waals surface area contributed by atoms with Crippen LogP contribution in [0.1, 0.15) is 113 Å². The summed E-state index contributed by atoms with van der Waals surface area (Å²) in [6, 6.07) is 0. The molecule has 0 N–H and O–H groups in total. The fourth-order valence-electron chi connectivity index (χ4n) is 7.87. The molecule has 2 saturated carbocycles. The molecule has 0 aliphatic heterocycles. The fourth-order valence-corrected chi connectivity index (χ4v) is 7.87. The standard InChI is InChI=1S/C29H50/c1-8-23(21(3)4)14-13-22(5)26-17-18-27(29(26,7)9-2)24-15-16-25-12-10-11-19-28(25,6)20-24/h13-14,16,21-24,26-27H,8-12,15,17-20H2,1-7H3/b14-13+. The molecule has 29 heavy (non-hydrogen) atoms. The van der Waals surface area contributed by atoms with E-state index in [0.717, 1.165) is 35.5 Å². The maximum Gasteiger partial charge on any atom is -0.0114 e. The zero-order valence-electron chi connectivity index (χ0n) is 20.8. The highest BCUT2D eigenvalue weighted by Gasteiger charge is 2.51. The third kappa shape index (κ3) is 4.57. The van der Waals surface area contributed by atoms with E-state index < -0.39 is 0 Å². The van der Waals surface area contributed by atoms with Gasteiger partial charge in [-0.1, -0.05) is 85.1 Å². The van der Waals surface area contributed by atoms with E-state index in [2.05, 4.69) is 66.7 Å². The Morgan fingerprint density at radius 3 is 2.48 bits per heavy atom. The van der Waals surface area contributed by atoms with Gasteiger partial charge in [0.1, 0.15) is 0 Å². The zero-order chi connectivity index (χ0) is 21.2. The highest BCUT2D eigenvalue weighted by Crippen LogP contribution is 2.60. The average Bonchev–Trinajstić information content (AvgIpc) is 3.04. The van der Waals surface area contributed by atoms with Crippen molar-refractivity contribution in [2.75, 3.05) is 0 Å². The molecule has 0 heterocycles. The van der Waals surface area contributed by atoms with Crippen molar-refractivity contribution in [3.05, 3.63) is 23.8 Å². The first kappa shape index (κ1) is 23.1. The van der Waals surface area contributed by atoms with Crippen molar-refractivity contribution >= 4 is 0 Å². The van der Waals surface area contributed by atoms with Gasteiger partial charge < -0.3 is 0 Å².